The van der Waals surface area contributed by atoms with Gasteiger partial charge in [0.1, 0.15) is 0 Å². The van der Waals surface area contributed by atoms with Gasteiger partial charge in [-0.05, 0) is 13.8 Å². The fourth-order valence-corrected chi connectivity index (χ4v) is 12.3. The number of hydrogen-bond acceptors (Lipinski definition) is 11. The van der Waals surface area contributed by atoms with E-state index >= 15 is 0 Å². The summed E-state index contributed by atoms with van der Waals surface area (Å²) in [6.45, 7) is 3.61. The lowest BCUT2D eigenvalue weighted by atomic mass is 10.9. The molecule has 1 aliphatic rings. The molecule has 21 heavy (non-hydrogen) atoms. The van der Waals surface area contributed by atoms with E-state index in [1.54, 1.807) is 13.8 Å². The maximum atomic E-state index is 12.8. The molecule has 0 amide bonds. The molecule has 0 aromatic rings. The Bertz CT molecular complexity index is 587. The summed E-state index contributed by atoms with van der Waals surface area (Å²) in [5.74, 6) is 0. The summed E-state index contributed by atoms with van der Waals surface area (Å²) < 4.78 is 36.3. The lowest BCUT2D eigenvalue weighted by Gasteiger charge is -2.35. The van der Waals surface area contributed by atoms with Crippen molar-refractivity contribution in [2.75, 3.05) is 20.3 Å². The van der Waals surface area contributed by atoms with Gasteiger partial charge in [-0.2, -0.15) is 13.5 Å². The standard InChI is InChI=1S/C5H23N9O3P4/c1-4-16-21(15,17-5-2)14(3)20(10)12-18(6,7)11-19(8,9)13-20/h4-10H2,1-3H3. The van der Waals surface area contributed by atoms with Crippen molar-refractivity contribution in [2.45, 2.75) is 13.8 Å². The van der Waals surface area contributed by atoms with Crippen LogP contribution in [0.3, 0.4) is 0 Å². The molecule has 0 saturated heterocycles. The highest BCUT2D eigenvalue weighted by molar-refractivity contribution is 7.85. The fraction of sp³-hybridized carbons (Fsp3) is 1.00. The van der Waals surface area contributed by atoms with Gasteiger partial charge in [0.25, 0.3) is 0 Å². The maximum Gasteiger partial charge on any atom is 0.414 e. The Balaban J connectivity index is 3.44. The highest BCUT2D eigenvalue weighted by atomic mass is 31.3. The number of hydrogen-bond donors (Lipinski definition) is 5. The van der Waals surface area contributed by atoms with Gasteiger partial charge in [-0.1, -0.05) is 0 Å². The van der Waals surface area contributed by atoms with E-state index in [0.717, 1.165) is 4.44 Å². The first kappa shape index (κ1) is 19.6. The highest BCUT2D eigenvalue weighted by Gasteiger charge is 2.42. The molecule has 0 spiro atoms. The van der Waals surface area contributed by atoms with Crippen LogP contribution in [-0.2, 0) is 13.6 Å². The average Bonchev–Trinajstić information content (AvgIpc) is 2.23. The quantitative estimate of drug-likeness (QED) is 0.424. The van der Waals surface area contributed by atoms with Gasteiger partial charge >= 0.3 is 7.75 Å². The molecule has 0 bridgehead atoms. The van der Waals surface area contributed by atoms with E-state index in [1.165, 1.54) is 7.05 Å². The van der Waals surface area contributed by atoms with Crippen LogP contribution in [0.4, 0.5) is 0 Å². The topological polar surface area (TPSA) is 206 Å². The van der Waals surface area contributed by atoms with Gasteiger partial charge in [-0.15, -0.1) is 4.44 Å². The molecular weight excluding hydrogens is 358 g/mol. The van der Waals surface area contributed by atoms with Crippen LogP contribution in [0.15, 0.2) is 13.5 Å². The third-order valence-corrected chi connectivity index (χ3v) is 13.1. The van der Waals surface area contributed by atoms with E-state index in [1.807, 2.05) is 0 Å². The third-order valence-electron chi connectivity index (χ3n) is 2.20. The second kappa shape index (κ2) is 6.61. The first-order chi connectivity index (χ1) is 9.40. The Morgan fingerprint density at radius 3 is 1.76 bits per heavy atom. The summed E-state index contributed by atoms with van der Waals surface area (Å²) >= 11 is 0. The number of rotatable bonds is 6. The number of nitrogens with two attached hydrogens (primary N) is 5. The van der Waals surface area contributed by atoms with Crippen molar-refractivity contribution in [3.63, 3.8) is 0 Å². The van der Waals surface area contributed by atoms with Gasteiger partial charge in [-0.25, -0.2) is 4.57 Å². The predicted molar refractivity (Wildman–Crippen MR) is 87.6 cm³/mol. The first-order valence-corrected chi connectivity index (χ1v) is 12.8. The summed E-state index contributed by atoms with van der Waals surface area (Å²) in [7, 11) is -11.9. The minimum absolute atomic E-state index is 0.142. The maximum absolute atomic E-state index is 12.8. The van der Waals surface area contributed by atoms with Crippen molar-refractivity contribution in [2.24, 2.45) is 41.1 Å². The summed E-state index contributed by atoms with van der Waals surface area (Å²) in [4.78, 5) is 0. The van der Waals surface area contributed by atoms with E-state index in [9.17, 15) is 4.57 Å². The Labute approximate surface area is 124 Å². The summed E-state index contributed by atoms with van der Waals surface area (Å²) in [5.41, 5.74) is 29.2. The van der Waals surface area contributed by atoms with Crippen molar-refractivity contribution in [1.82, 2.24) is 4.44 Å². The normalized spacial score (nSPS) is 27.7. The average molecular weight is 381 g/mol. The fourth-order valence-electron chi connectivity index (χ4n) is 1.51. The van der Waals surface area contributed by atoms with Gasteiger partial charge in [-0.3, -0.25) is 36.6 Å². The van der Waals surface area contributed by atoms with Crippen LogP contribution in [0, 0.1) is 0 Å². The van der Waals surface area contributed by atoms with Crippen LogP contribution in [-0.4, -0.2) is 24.7 Å². The molecular formula is C5H23N9O3P4. The summed E-state index contributed by atoms with van der Waals surface area (Å²) in [5, 5.41) is 0. The van der Waals surface area contributed by atoms with Crippen LogP contribution in [0.25, 0.3) is 0 Å². The lowest BCUT2D eigenvalue weighted by molar-refractivity contribution is 0.197. The minimum Gasteiger partial charge on any atom is -0.297 e. The second-order valence-electron chi connectivity index (χ2n) is 4.08. The molecule has 1 rings (SSSR count). The molecule has 1 aliphatic heterocycles. The summed E-state index contributed by atoms with van der Waals surface area (Å²) in [6.07, 6.45) is 0. The summed E-state index contributed by atoms with van der Waals surface area (Å²) in [6, 6.07) is 0. The smallest absolute Gasteiger partial charge is 0.297 e. The lowest BCUT2D eigenvalue weighted by Crippen LogP contribution is -2.22. The van der Waals surface area contributed by atoms with Crippen molar-refractivity contribution < 1.29 is 13.6 Å². The molecule has 12 nitrogen and oxygen atoms in total. The molecule has 1 unspecified atom stereocenters. The van der Waals surface area contributed by atoms with Gasteiger partial charge in [0, 0.05) is 7.05 Å². The Hall–Kier alpha value is 0.600. The van der Waals surface area contributed by atoms with Gasteiger partial charge in [0.2, 0.25) is 22.5 Å². The first-order valence-electron chi connectivity index (χ1n) is 5.88. The minimum atomic E-state index is -3.72. The highest BCUT2D eigenvalue weighted by Crippen LogP contribution is 2.73. The van der Waals surface area contributed by atoms with Crippen molar-refractivity contribution in [3.05, 3.63) is 0 Å². The molecule has 0 fully saturated rings. The van der Waals surface area contributed by atoms with Crippen LogP contribution < -0.4 is 27.5 Å². The van der Waals surface area contributed by atoms with Crippen molar-refractivity contribution >= 4 is 30.3 Å². The van der Waals surface area contributed by atoms with E-state index < -0.39 is 30.3 Å². The zero-order valence-electron chi connectivity index (χ0n) is 12.1. The van der Waals surface area contributed by atoms with Gasteiger partial charge in [0.05, 0.1) is 13.2 Å². The van der Waals surface area contributed by atoms with E-state index in [0.29, 0.717) is 0 Å². The van der Waals surface area contributed by atoms with Crippen LogP contribution in [0.1, 0.15) is 13.8 Å². The van der Waals surface area contributed by atoms with E-state index in [2.05, 4.69) is 13.5 Å². The molecule has 126 valence electrons. The molecule has 10 N–H and O–H groups in total. The van der Waals surface area contributed by atoms with Gasteiger partial charge in [0.15, 0.2) is 0 Å². The SMILES string of the molecule is CCOP(=O)(OCC)N(C)P1(N)=NP(N)(N)=NP(N)(N)=N1. The second-order valence-corrected chi connectivity index (χ2v) is 13.2. The molecule has 1 atom stereocenters. The predicted octanol–water partition coefficient (Wildman–Crippen LogP) is 1.74. The van der Waals surface area contributed by atoms with Crippen LogP contribution in [0.5, 0.6) is 0 Å². The van der Waals surface area contributed by atoms with Gasteiger partial charge < -0.3 is 0 Å². The zero-order valence-corrected chi connectivity index (χ0v) is 15.7. The Kier molecular flexibility index (Phi) is 6.18. The molecule has 0 aromatic carbocycles. The molecule has 16 heteroatoms. The van der Waals surface area contributed by atoms with Crippen molar-refractivity contribution in [1.29, 1.82) is 0 Å². The largest absolute Gasteiger partial charge is 0.414 e. The van der Waals surface area contributed by atoms with E-state index in [4.69, 9.17) is 36.6 Å². The molecule has 0 aromatic heterocycles. The Morgan fingerprint density at radius 1 is 0.952 bits per heavy atom. The molecule has 1 heterocycles. The third kappa shape index (κ3) is 4.78. The molecule has 0 saturated carbocycles. The van der Waals surface area contributed by atoms with Crippen molar-refractivity contribution in [3.8, 4) is 0 Å². The molecule has 0 radical (unpaired) electrons. The van der Waals surface area contributed by atoms with E-state index in [-0.39, 0.29) is 13.2 Å². The monoisotopic (exact) mass is 381 g/mol. The van der Waals surface area contributed by atoms with Crippen LogP contribution in [0.2, 0.25) is 0 Å². The zero-order chi connectivity index (χ0) is 16.5. The van der Waals surface area contributed by atoms with Crippen LogP contribution >= 0.6 is 30.3 Å². The number of nitrogens with zero attached hydrogens (tertiary/aromatic N) is 4. The Morgan fingerprint density at radius 2 is 1.38 bits per heavy atom. The molecule has 0 aliphatic carbocycles.